The first-order valence-corrected chi connectivity index (χ1v) is 5.60. The molecule has 0 bridgehead atoms. The first-order valence-electron chi connectivity index (χ1n) is 3.82. The number of benzene rings is 1. The number of hydrogen-bond acceptors (Lipinski definition) is 1. The predicted molar refractivity (Wildman–Crippen MR) is 59.7 cm³/mol. The van der Waals surface area contributed by atoms with Crippen molar-refractivity contribution in [3.63, 3.8) is 0 Å². The molecule has 0 amide bonds. The van der Waals surface area contributed by atoms with E-state index in [-0.39, 0.29) is 0 Å². The fourth-order valence-electron chi connectivity index (χ4n) is 0.817. The monoisotopic (exact) mass is 242 g/mol. The lowest BCUT2D eigenvalue weighted by Gasteiger charge is -1.99. The van der Waals surface area contributed by atoms with E-state index in [1.807, 2.05) is 23.9 Å². The topological polar surface area (TPSA) is 0 Å². The van der Waals surface area contributed by atoms with Gasteiger partial charge in [-0.1, -0.05) is 28.1 Å². The largest absolute Gasteiger partial charge is 0.126 e. The van der Waals surface area contributed by atoms with E-state index in [2.05, 4.69) is 40.7 Å². The van der Waals surface area contributed by atoms with Gasteiger partial charge in [-0.2, -0.15) is 0 Å². The van der Waals surface area contributed by atoms with E-state index >= 15 is 0 Å². The van der Waals surface area contributed by atoms with Gasteiger partial charge < -0.3 is 0 Å². The molecular formula is C10H11BrS. The van der Waals surface area contributed by atoms with Crippen LogP contribution >= 0.6 is 27.7 Å². The van der Waals surface area contributed by atoms with Gasteiger partial charge in [-0.05, 0) is 24.6 Å². The second-order valence-electron chi connectivity index (χ2n) is 2.38. The van der Waals surface area contributed by atoms with Crippen molar-refractivity contribution < 1.29 is 0 Å². The van der Waals surface area contributed by atoms with Crippen LogP contribution in [0.1, 0.15) is 6.42 Å². The number of allylic oxidation sites excluding steroid dienone is 1. The van der Waals surface area contributed by atoms with Crippen LogP contribution in [0.5, 0.6) is 0 Å². The molecule has 0 nitrogen and oxygen atoms in total. The van der Waals surface area contributed by atoms with Gasteiger partial charge in [0.05, 0.1) is 0 Å². The van der Waals surface area contributed by atoms with Gasteiger partial charge in [-0.25, -0.2) is 0 Å². The molecule has 0 aliphatic carbocycles. The molecule has 0 saturated heterocycles. The molecule has 0 aliphatic rings. The number of rotatable bonds is 4. The zero-order chi connectivity index (χ0) is 8.81. The van der Waals surface area contributed by atoms with Gasteiger partial charge in [0.15, 0.2) is 0 Å². The smallest absolute Gasteiger partial charge is 0.0186 e. The van der Waals surface area contributed by atoms with Crippen LogP contribution in [-0.4, -0.2) is 5.75 Å². The normalized spacial score (nSPS) is 9.75. The van der Waals surface area contributed by atoms with Crippen molar-refractivity contribution in [3.05, 3.63) is 41.4 Å². The van der Waals surface area contributed by atoms with E-state index in [9.17, 15) is 0 Å². The van der Waals surface area contributed by atoms with Crippen molar-refractivity contribution in [1.29, 1.82) is 0 Å². The quantitative estimate of drug-likeness (QED) is 0.435. The van der Waals surface area contributed by atoms with Gasteiger partial charge in [0.25, 0.3) is 0 Å². The summed E-state index contributed by atoms with van der Waals surface area (Å²) in [6.45, 7) is 3.69. The standard InChI is InChI=1S/C10H11BrS/c1-2-3-7-12-10-6-4-5-9(11)8-10/h2,4-6,8H,1,3,7H2. The molecule has 0 aliphatic heterocycles. The zero-order valence-corrected chi connectivity index (χ0v) is 9.20. The van der Waals surface area contributed by atoms with E-state index in [0.717, 1.165) is 16.6 Å². The van der Waals surface area contributed by atoms with Crippen LogP contribution in [0.3, 0.4) is 0 Å². The highest BCUT2D eigenvalue weighted by molar-refractivity contribution is 9.10. The molecule has 0 saturated carbocycles. The maximum atomic E-state index is 3.69. The fourth-order valence-corrected chi connectivity index (χ4v) is 2.27. The molecule has 0 N–H and O–H groups in total. The lowest BCUT2D eigenvalue weighted by atomic mass is 10.4. The Morgan fingerprint density at radius 2 is 2.33 bits per heavy atom. The Bertz CT molecular complexity index is 258. The van der Waals surface area contributed by atoms with Crippen molar-refractivity contribution in [2.24, 2.45) is 0 Å². The van der Waals surface area contributed by atoms with Crippen LogP contribution in [0.25, 0.3) is 0 Å². The Morgan fingerprint density at radius 3 is 3.00 bits per heavy atom. The van der Waals surface area contributed by atoms with Gasteiger partial charge >= 0.3 is 0 Å². The van der Waals surface area contributed by atoms with Crippen LogP contribution in [0.4, 0.5) is 0 Å². The van der Waals surface area contributed by atoms with Gasteiger partial charge in [-0.3, -0.25) is 0 Å². The van der Waals surface area contributed by atoms with E-state index in [0.29, 0.717) is 0 Å². The summed E-state index contributed by atoms with van der Waals surface area (Å²) in [6, 6.07) is 8.35. The third kappa shape index (κ3) is 3.46. The Labute approximate surface area is 86.2 Å². The molecule has 0 fully saturated rings. The maximum absolute atomic E-state index is 3.69. The van der Waals surface area contributed by atoms with Gasteiger partial charge in [0.2, 0.25) is 0 Å². The third-order valence-electron chi connectivity index (χ3n) is 1.39. The lowest BCUT2D eigenvalue weighted by molar-refractivity contribution is 1.24. The maximum Gasteiger partial charge on any atom is 0.0186 e. The van der Waals surface area contributed by atoms with E-state index in [4.69, 9.17) is 0 Å². The fraction of sp³-hybridized carbons (Fsp3) is 0.200. The van der Waals surface area contributed by atoms with Crippen molar-refractivity contribution >= 4 is 27.7 Å². The molecular weight excluding hydrogens is 232 g/mol. The number of thioether (sulfide) groups is 1. The summed E-state index contributed by atoms with van der Waals surface area (Å²) in [5.74, 6) is 1.11. The molecule has 64 valence electrons. The average Bonchev–Trinajstić information content (AvgIpc) is 2.05. The lowest BCUT2D eigenvalue weighted by Crippen LogP contribution is -1.76. The van der Waals surface area contributed by atoms with E-state index < -0.39 is 0 Å². The van der Waals surface area contributed by atoms with Crippen LogP contribution < -0.4 is 0 Å². The number of hydrogen-bond donors (Lipinski definition) is 0. The average molecular weight is 243 g/mol. The third-order valence-corrected chi connectivity index (χ3v) is 2.91. The van der Waals surface area contributed by atoms with E-state index in [1.165, 1.54) is 4.90 Å². The molecule has 0 heterocycles. The molecule has 0 unspecified atom stereocenters. The molecule has 12 heavy (non-hydrogen) atoms. The minimum Gasteiger partial charge on any atom is -0.126 e. The minimum absolute atomic E-state index is 1.07. The Hall–Kier alpha value is -0.210. The van der Waals surface area contributed by atoms with Crippen molar-refractivity contribution in [1.82, 2.24) is 0 Å². The molecule has 0 spiro atoms. The van der Waals surface area contributed by atoms with Gasteiger partial charge in [0, 0.05) is 15.1 Å². The van der Waals surface area contributed by atoms with E-state index in [1.54, 1.807) is 0 Å². The Morgan fingerprint density at radius 1 is 1.50 bits per heavy atom. The summed E-state index contributed by atoms with van der Waals surface area (Å²) in [5, 5.41) is 0. The van der Waals surface area contributed by atoms with Crippen LogP contribution in [0.2, 0.25) is 0 Å². The van der Waals surface area contributed by atoms with Crippen molar-refractivity contribution in [3.8, 4) is 0 Å². The first-order chi connectivity index (χ1) is 5.83. The van der Waals surface area contributed by atoms with Gasteiger partial charge in [-0.15, -0.1) is 18.3 Å². The molecule has 1 aromatic carbocycles. The van der Waals surface area contributed by atoms with Gasteiger partial charge in [0.1, 0.15) is 0 Å². The van der Waals surface area contributed by atoms with Crippen molar-refractivity contribution in [2.45, 2.75) is 11.3 Å². The predicted octanol–water partition coefficient (Wildman–Crippen LogP) is 4.12. The Balaban J connectivity index is 2.46. The second-order valence-corrected chi connectivity index (χ2v) is 4.47. The second kappa shape index (κ2) is 5.44. The first kappa shape index (κ1) is 9.87. The molecule has 0 radical (unpaired) electrons. The highest BCUT2D eigenvalue weighted by atomic mass is 79.9. The summed E-state index contributed by atoms with van der Waals surface area (Å²) in [6.07, 6.45) is 3.02. The summed E-state index contributed by atoms with van der Waals surface area (Å²) in [5.41, 5.74) is 0. The minimum atomic E-state index is 1.07. The Kier molecular flexibility index (Phi) is 4.48. The molecule has 1 aromatic rings. The highest BCUT2D eigenvalue weighted by Crippen LogP contribution is 2.22. The highest BCUT2D eigenvalue weighted by Gasteiger charge is 1.92. The van der Waals surface area contributed by atoms with Crippen LogP contribution in [0.15, 0.2) is 46.3 Å². The SMILES string of the molecule is C=CCCSc1cccc(Br)c1. The summed E-state index contributed by atoms with van der Waals surface area (Å²) < 4.78 is 1.14. The zero-order valence-electron chi connectivity index (χ0n) is 6.79. The molecule has 1 rings (SSSR count). The van der Waals surface area contributed by atoms with Crippen LogP contribution in [0, 0.1) is 0 Å². The van der Waals surface area contributed by atoms with Crippen molar-refractivity contribution in [2.75, 3.05) is 5.75 Å². The molecule has 0 aromatic heterocycles. The number of halogens is 1. The summed E-state index contributed by atoms with van der Waals surface area (Å²) in [7, 11) is 0. The van der Waals surface area contributed by atoms with Crippen LogP contribution in [-0.2, 0) is 0 Å². The summed E-state index contributed by atoms with van der Waals surface area (Å²) in [4.78, 5) is 1.31. The molecule has 0 atom stereocenters. The molecule has 2 heteroatoms. The summed E-state index contributed by atoms with van der Waals surface area (Å²) >= 11 is 5.30.